The zero-order chi connectivity index (χ0) is 14.3. The molecule has 0 saturated carbocycles. The van der Waals surface area contributed by atoms with Crippen molar-refractivity contribution < 1.29 is 4.74 Å². The van der Waals surface area contributed by atoms with Gasteiger partial charge in [0.25, 0.3) is 0 Å². The average molecular weight is 294 g/mol. The molecule has 0 bridgehead atoms. The van der Waals surface area contributed by atoms with E-state index in [1.54, 1.807) is 11.3 Å². The predicted octanol–water partition coefficient (Wildman–Crippen LogP) is 1.90. The number of aromatic nitrogens is 2. The van der Waals surface area contributed by atoms with Crippen molar-refractivity contribution in [1.29, 1.82) is 0 Å². The first-order valence-corrected chi connectivity index (χ1v) is 8.00. The van der Waals surface area contributed by atoms with Crippen molar-refractivity contribution in [3.8, 4) is 0 Å². The minimum atomic E-state index is 0.124. The number of hydrogen-bond acceptors (Lipinski definition) is 5. The van der Waals surface area contributed by atoms with E-state index in [9.17, 15) is 0 Å². The van der Waals surface area contributed by atoms with Gasteiger partial charge in [-0.1, -0.05) is 0 Å². The summed E-state index contributed by atoms with van der Waals surface area (Å²) in [4.78, 5) is 8.11. The summed E-state index contributed by atoms with van der Waals surface area (Å²) in [6, 6.07) is 0.519. The summed E-state index contributed by atoms with van der Waals surface area (Å²) < 4.78 is 7.85. The number of nitrogens with two attached hydrogens (primary N) is 1. The van der Waals surface area contributed by atoms with E-state index in [1.807, 2.05) is 6.92 Å². The SMILES string of the molecule is CC(N)Cc1c(N(C)C2CCOC2C)nc2sccn12. The minimum absolute atomic E-state index is 0.124. The third-order valence-electron chi connectivity index (χ3n) is 4.02. The maximum absolute atomic E-state index is 6.01. The Kier molecular flexibility index (Phi) is 3.70. The second-order valence-electron chi connectivity index (χ2n) is 5.66. The van der Waals surface area contributed by atoms with Gasteiger partial charge in [-0.25, -0.2) is 4.98 Å². The van der Waals surface area contributed by atoms with Gasteiger partial charge in [-0.15, -0.1) is 11.3 Å². The molecule has 0 amide bonds. The van der Waals surface area contributed by atoms with Gasteiger partial charge < -0.3 is 15.4 Å². The fourth-order valence-electron chi connectivity index (χ4n) is 2.98. The molecule has 3 unspecified atom stereocenters. The molecule has 1 aliphatic rings. The Labute approximate surface area is 123 Å². The summed E-state index contributed by atoms with van der Waals surface area (Å²) in [7, 11) is 2.12. The van der Waals surface area contributed by atoms with Gasteiger partial charge in [0.15, 0.2) is 10.8 Å². The fraction of sp³-hybridized carbons (Fsp3) is 0.643. The Hall–Kier alpha value is -1.11. The average Bonchev–Trinajstić information content (AvgIpc) is 3.05. The monoisotopic (exact) mass is 294 g/mol. The first kappa shape index (κ1) is 13.9. The van der Waals surface area contributed by atoms with Crippen molar-refractivity contribution in [2.75, 3.05) is 18.6 Å². The van der Waals surface area contributed by atoms with Crippen LogP contribution in [-0.2, 0) is 11.2 Å². The minimum Gasteiger partial charge on any atom is -0.376 e. The number of fused-ring (bicyclic) bond motifs is 1. The molecule has 3 heterocycles. The van der Waals surface area contributed by atoms with Gasteiger partial charge in [0.1, 0.15) is 0 Å². The van der Waals surface area contributed by atoms with Crippen molar-refractivity contribution in [3.63, 3.8) is 0 Å². The van der Waals surface area contributed by atoms with Crippen LogP contribution in [0.1, 0.15) is 26.0 Å². The number of likely N-dealkylation sites (N-methyl/N-ethyl adjacent to an activating group) is 1. The molecular formula is C14H22N4OS. The Morgan fingerprint density at radius 2 is 2.45 bits per heavy atom. The first-order valence-electron chi connectivity index (χ1n) is 7.12. The highest BCUT2D eigenvalue weighted by molar-refractivity contribution is 7.15. The number of thiazole rings is 1. The number of hydrogen-bond donors (Lipinski definition) is 1. The third-order valence-corrected chi connectivity index (χ3v) is 4.78. The molecule has 2 aromatic rings. The summed E-state index contributed by atoms with van der Waals surface area (Å²) in [5.74, 6) is 1.05. The predicted molar refractivity (Wildman–Crippen MR) is 82.6 cm³/mol. The van der Waals surface area contributed by atoms with Crippen LogP contribution in [0.15, 0.2) is 11.6 Å². The summed E-state index contributed by atoms with van der Waals surface area (Å²) >= 11 is 1.66. The van der Waals surface area contributed by atoms with Crippen LogP contribution >= 0.6 is 11.3 Å². The van der Waals surface area contributed by atoms with Crippen LogP contribution in [0.25, 0.3) is 4.96 Å². The highest BCUT2D eigenvalue weighted by atomic mass is 32.1. The number of nitrogens with zero attached hydrogens (tertiary/aromatic N) is 3. The standard InChI is InChI=1S/C14H22N4OS/c1-9(15)8-12-13(16-14-18(12)5-7-20-14)17(3)11-4-6-19-10(11)2/h5,7,9-11H,4,6,8,15H2,1-3H3. The molecule has 1 saturated heterocycles. The molecule has 0 spiro atoms. The maximum atomic E-state index is 6.01. The van der Waals surface area contributed by atoms with Gasteiger partial charge >= 0.3 is 0 Å². The highest BCUT2D eigenvalue weighted by Crippen LogP contribution is 2.29. The molecule has 0 aromatic carbocycles. The van der Waals surface area contributed by atoms with Crippen LogP contribution in [0.4, 0.5) is 5.82 Å². The Morgan fingerprint density at radius 1 is 1.65 bits per heavy atom. The smallest absolute Gasteiger partial charge is 0.195 e. The zero-order valence-corrected chi connectivity index (χ0v) is 13.1. The van der Waals surface area contributed by atoms with E-state index >= 15 is 0 Å². The quantitative estimate of drug-likeness (QED) is 0.936. The van der Waals surface area contributed by atoms with Crippen molar-refractivity contribution in [2.45, 2.75) is 44.9 Å². The summed E-state index contributed by atoms with van der Waals surface area (Å²) in [6.07, 6.45) is 4.22. The molecule has 3 atom stereocenters. The lowest BCUT2D eigenvalue weighted by Crippen LogP contribution is -2.37. The fourth-order valence-corrected chi connectivity index (χ4v) is 3.71. The summed E-state index contributed by atoms with van der Waals surface area (Å²) in [6.45, 7) is 5.01. The van der Waals surface area contributed by atoms with E-state index in [4.69, 9.17) is 15.5 Å². The van der Waals surface area contributed by atoms with E-state index in [-0.39, 0.29) is 12.1 Å². The molecule has 3 rings (SSSR count). The van der Waals surface area contributed by atoms with Crippen LogP contribution in [0.5, 0.6) is 0 Å². The summed E-state index contributed by atoms with van der Waals surface area (Å²) in [5, 5.41) is 2.07. The third kappa shape index (κ3) is 2.32. The maximum Gasteiger partial charge on any atom is 0.195 e. The van der Waals surface area contributed by atoms with Crippen molar-refractivity contribution in [1.82, 2.24) is 9.38 Å². The van der Waals surface area contributed by atoms with E-state index < -0.39 is 0 Å². The molecule has 2 aromatic heterocycles. The zero-order valence-electron chi connectivity index (χ0n) is 12.2. The summed E-state index contributed by atoms with van der Waals surface area (Å²) in [5.41, 5.74) is 7.22. The normalized spacial score (nSPS) is 24.4. The Balaban J connectivity index is 1.98. The van der Waals surface area contributed by atoms with Crippen molar-refractivity contribution >= 4 is 22.1 Å². The molecule has 5 nitrogen and oxygen atoms in total. The van der Waals surface area contributed by atoms with Crippen LogP contribution in [0, 0.1) is 0 Å². The van der Waals surface area contributed by atoms with Crippen molar-refractivity contribution in [2.24, 2.45) is 5.73 Å². The Bertz CT molecular complexity index is 591. The molecule has 2 N–H and O–H groups in total. The largest absolute Gasteiger partial charge is 0.376 e. The lowest BCUT2D eigenvalue weighted by molar-refractivity contribution is 0.118. The topological polar surface area (TPSA) is 55.8 Å². The second kappa shape index (κ2) is 5.35. The molecule has 0 aliphatic carbocycles. The van der Waals surface area contributed by atoms with Gasteiger partial charge in [0, 0.05) is 37.7 Å². The van der Waals surface area contributed by atoms with E-state index in [0.29, 0.717) is 6.04 Å². The van der Waals surface area contributed by atoms with Crippen LogP contribution < -0.4 is 10.6 Å². The number of ether oxygens (including phenoxy) is 1. The molecule has 0 radical (unpaired) electrons. The molecule has 6 heteroatoms. The lowest BCUT2D eigenvalue weighted by atomic mass is 10.1. The number of rotatable bonds is 4. The van der Waals surface area contributed by atoms with Crippen LogP contribution in [0.2, 0.25) is 0 Å². The number of anilines is 1. The van der Waals surface area contributed by atoms with Crippen LogP contribution in [0.3, 0.4) is 0 Å². The van der Waals surface area contributed by atoms with Crippen molar-refractivity contribution in [3.05, 3.63) is 17.3 Å². The van der Waals surface area contributed by atoms with E-state index in [0.717, 1.165) is 30.2 Å². The lowest BCUT2D eigenvalue weighted by Gasteiger charge is -2.28. The van der Waals surface area contributed by atoms with Gasteiger partial charge in [-0.2, -0.15) is 0 Å². The molecule has 1 fully saturated rings. The molecule has 1 aliphatic heterocycles. The second-order valence-corrected chi connectivity index (χ2v) is 6.53. The Morgan fingerprint density at radius 3 is 3.10 bits per heavy atom. The van der Waals surface area contributed by atoms with E-state index in [2.05, 4.69) is 34.8 Å². The van der Waals surface area contributed by atoms with Gasteiger partial charge in [-0.05, 0) is 20.3 Å². The van der Waals surface area contributed by atoms with Gasteiger partial charge in [-0.3, -0.25) is 4.40 Å². The van der Waals surface area contributed by atoms with Crippen LogP contribution in [-0.4, -0.2) is 41.2 Å². The highest BCUT2D eigenvalue weighted by Gasteiger charge is 2.31. The first-order chi connectivity index (χ1) is 9.58. The number of imidazole rings is 1. The molecular weight excluding hydrogens is 272 g/mol. The molecule has 20 heavy (non-hydrogen) atoms. The van der Waals surface area contributed by atoms with Gasteiger partial charge in [0.05, 0.1) is 17.8 Å². The van der Waals surface area contributed by atoms with E-state index in [1.165, 1.54) is 5.69 Å². The van der Waals surface area contributed by atoms with Gasteiger partial charge in [0.2, 0.25) is 0 Å². The molecule has 110 valence electrons.